The number of nitrogens with one attached hydrogen (secondary N) is 1. The molecule has 8 heteroatoms. The molecule has 1 aliphatic rings. The largest absolute Gasteiger partial charge is 0.494 e. The van der Waals surface area contributed by atoms with E-state index in [-0.39, 0.29) is 27.8 Å². The smallest absolute Gasteiger partial charge is 0.253 e. The summed E-state index contributed by atoms with van der Waals surface area (Å²) in [5.41, 5.74) is 0.405. The van der Waals surface area contributed by atoms with E-state index >= 15 is 0 Å². The fourth-order valence-electron chi connectivity index (χ4n) is 3.07. The van der Waals surface area contributed by atoms with Gasteiger partial charge < -0.3 is 15.0 Å². The Morgan fingerprint density at radius 1 is 1.19 bits per heavy atom. The van der Waals surface area contributed by atoms with Crippen LogP contribution < -0.4 is 10.1 Å². The molecule has 1 aromatic heterocycles. The minimum Gasteiger partial charge on any atom is -0.494 e. The van der Waals surface area contributed by atoms with Crippen LogP contribution in [0.25, 0.3) is 0 Å². The first-order valence-electron chi connectivity index (χ1n) is 8.54. The Morgan fingerprint density at radius 3 is 2.41 bits per heavy atom. The fraction of sp³-hybridized carbons (Fsp3) is 0.316. The van der Waals surface area contributed by atoms with Gasteiger partial charge in [-0.1, -0.05) is 29.3 Å². The topological polar surface area (TPSA) is 71.5 Å². The average molecular weight is 408 g/mol. The van der Waals surface area contributed by atoms with Gasteiger partial charge in [-0.05, 0) is 37.1 Å². The highest BCUT2D eigenvalue weighted by molar-refractivity contribution is 6.37. The molecule has 27 heavy (non-hydrogen) atoms. The number of halogens is 2. The van der Waals surface area contributed by atoms with Crippen molar-refractivity contribution in [1.82, 2.24) is 9.88 Å². The summed E-state index contributed by atoms with van der Waals surface area (Å²) in [5, 5.41) is 3.39. The predicted molar refractivity (Wildman–Crippen MR) is 105 cm³/mol. The number of carbonyl (C=O) groups is 2. The van der Waals surface area contributed by atoms with Crippen molar-refractivity contribution in [3.05, 3.63) is 52.1 Å². The van der Waals surface area contributed by atoms with Gasteiger partial charge in [-0.2, -0.15) is 0 Å². The standard InChI is InChI=1S/C19H19Cl2N3O3/c1-27-17-14(20)10-13(11-15(17)21)19(26)24-8-5-12(6-9-24)18(25)23-16-4-2-3-7-22-16/h2-4,7,10-12H,5-6,8-9H2,1H3,(H,22,23,25). The summed E-state index contributed by atoms with van der Waals surface area (Å²) in [6.07, 6.45) is 2.80. The van der Waals surface area contributed by atoms with Crippen LogP contribution >= 0.6 is 23.2 Å². The Labute approximate surface area is 167 Å². The minimum absolute atomic E-state index is 0.0728. The number of pyridine rings is 1. The van der Waals surface area contributed by atoms with E-state index < -0.39 is 0 Å². The second-order valence-corrected chi connectivity index (χ2v) is 7.06. The maximum absolute atomic E-state index is 12.7. The molecule has 1 N–H and O–H groups in total. The lowest BCUT2D eigenvalue weighted by molar-refractivity contribution is -0.121. The highest BCUT2D eigenvalue weighted by atomic mass is 35.5. The van der Waals surface area contributed by atoms with Crippen LogP contribution in [0.2, 0.25) is 10.0 Å². The Bertz CT molecular complexity index is 814. The van der Waals surface area contributed by atoms with Gasteiger partial charge in [-0.15, -0.1) is 0 Å². The Morgan fingerprint density at radius 2 is 1.85 bits per heavy atom. The summed E-state index contributed by atoms with van der Waals surface area (Å²) in [6, 6.07) is 8.45. The summed E-state index contributed by atoms with van der Waals surface area (Å²) in [4.78, 5) is 30.9. The van der Waals surface area contributed by atoms with Crippen LogP contribution in [0.3, 0.4) is 0 Å². The first kappa shape index (κ1) is 19.5. The van der Waals surface area contributed by atoms with Crippen molar-refractivity contribution in [1.29, 1.82) is 0 Å². The molecule has 0 aliphatic carbocycles. The van der Waals surface area contributed by atoms with Crippen LogP contribution in [0.4, 0.5) is 5.82 Å². The van der Waals surface area contributed by atoms with Crippen LogP contribution in [0.5, 0.6) is 5.75 Å². The third-order valence-electron chi connectivity index (χ3n) is 4.52. The summed E-state index contributed by atoms with van der Waals surface area (Å²) in [5.74, 6) is 0.490. The summed E-state index contributed by atoms with van der Waals surface area (Å²) in [6.45, 7) is 0.973. The molecule has 1 aromatic carbocycles. The van der Waals surface area contributed by atoms with E-state index in [2.05, 4.69) is 10.3 Å². The molecule has 1 aliphatic heterocycles. The van der Waals surface area contributed by atoms with Crippen molar-refractivity contribution in [2.24, 2.45) is 5.92 Å². The fourth-order valence-corrected chi connectivity index (χ4v) is 3.71. The zero-order chi connectivity index (χ0) is 19.4. The minimum atomic E-state index is -0.162. The quantitative estimate of drug-likeness (QED) is 0.834. The first-order valence-corrected chi connectivity index (χ1v) is 9.29. The van der Waals surface area contributed by atoms with E-state index in [1.165, 1.54) is 7.11 Å². The zero-order valence-corrected chi connectivity index (χ0v) is 16.3. The van der Waals surface area contributed by atoms with Gasteiger partial charge in [0.25, 0.3) is 5.91 Å². The second kappa shape index (κ2) is 8.59. The van der Waals surface area contributed by atoms with Gasteiger partial charge in [0.2, 0.25) is 5.91 Å². The van der Waals surface area contributed by atoms with Crippen molar-refractivity contribution < 1.29 is 14.3 Å². The monoisotopic (exact) mass is 407 g/mol. The molecule has 2 heterocycles. The van der Waals surface area contributed by atoms with Crippen molar-refractivity contribution >= 4 is 40.8 Å². The lowest BCUT2D eigenvalue weighted by atomic mass is 9.95. The van der Waals surface area contributed by atoms with E-state index in [1.54, 1.807) is 35.4 Å². The molecular formula is C19H19Cl2N3O3. The van der Waals surface area contributed by atoms with Gasteiger partial charge in [0.15, 0.2) is 5.75 Å². The number of carbonyl (C=O) groups excluding carboxylic acids is 2. The van der Waals surface area contributed by atoms with Gasteiger partial charge in [0.1, 0.15) is 5.82 Å². The Balaban J connectivity index is 1.60. The van der Waals surface area contributed by atoms with E-state index in [0.717, 1.165) is 0 Å². The molecule has 2 amide bonds. The lowest BCUT2D eigenvalue weighted by Crippen LogP contribution is -2.41. The Kier molecular flexibility index (Phi) is 6.19. The molecule has 0 saturated carbocycles. The molecule has 0 spiro atoms. The van der Waals surface area contributed by atoms with Crippen LogP contribution in [0.15, 0.2) is 36.5 Å². The van der Waals surface area contributed by atoms with Crippen LogP contribution in [0, 0.1) is 5.92 Å². The SMILES string of the molecule is COc1c(Cl)cc(C(=O)N2CCC(C(=O)Nc3ccccn3)CC2)cc1Cl. The summed E-state index contributed by atoms with van der Waals surface area (Å²) < 4.78 is 5.11. The number of hydrogen-bond acceptors (Lipinski definition) is 4. The summed E-state index contributed by atoms with van der Waals surface area (Å²) in [7, 11) is 1.47. The maximum atomic E-state index is 12.7. The molecule has 3 rings (SSSR count). The molecule has 0 radical (unpaired) electrons. The number of nitrogens with zero attached hydrogens (tertiary/aromatic N) is 2. The van der Waals surface area contributed by atoms with E-state index in [0.29, 0.717) is 43.1 Å². The normalized spacial score (nSPS) is 14.7. The Hall–Kier alpha value is -2.31. The number of aromatic nitrogens is 1. The number of piperidine rings is 1. The average Bonchev–Trinajstić information content (AvgIpc) is 2.68. The van der Waals surface area contributed by atoms with Crippen molar-refractivity contribution in [3.8, 4) is 5.75 Å². The molecule has 0 bridgehead atoms. The van der Waals surface area contributed by atoms with E-state index in [9.17, 15) is 9.59 Å². The first-order chi connectivity index (χ1) is 13.0. The maximum Gasteiger partial charge on any atom is 0.253 e. The van der Waals surface area contributed by atoms with Crippen LogP contribution in [-0.2, 0) is 4.79 Å². The van der Waals surface area contributed by atoms with Crippen LogP contribution in [0.1, 0.15) is 23.2 Å². The van der Waals surface area contributed by atoms with Crippen LogP contribution in [-0.4, -0.2) is 41.9 Å². The third-order valence-corrected chi connectivity index (χ3v) is 5.08. The number of rotatable bonds is 4. The predicted octanol–water partition coefficient (Wildman–Crippen LogP) is 3.89. The number of anilines is 1. The molecule has 142 valence electrons. The van der Waals surface area contributed by atoms with Crippen molar-refractivity contribution in [2.75, 3.05) is 25.5 Å². The highest BCUT2D eigenvalue weighted by Crippen LogP contribution is 2.34. The number of methoxy groups -OCH3 is 1. The van der Waals surface area contributed by atoms with Gasteiger partial charge in [-0.25, -0.2) is 4.98 Å². The zero-order valence-electron chi connectivity index (χ0n) is 14.7. The van der Waals surface area contributed by atoms with Gasteiger partial charge in [-0.3, -0.25) is 9.59 Å². The number of hydrogen-bond donors (Lipinski definition) is 1. The van der Waals surface area contributed by atoms with Gasteiger partial charge >= 0.3 is 0 Å². The molecule has 1 fully saturated rings. The molecule has 6 nitrogen and oxygen atoms in total. The molecule has 2 aromatic rings. The van der Waals surface area contributed by atoms with Crippen molar-refractivity contribution in [3.63, 3.8) is 0 Å². The molecular weight excluding hydrogens is 389 g/mol. The van der Waals surface area contributed by atoms with E-state index in [4.69, 9.17) is 27.9 Å². The number of amides is 2. The van der Waals surface area contributed by atoms with Gasteiger partial charge in [0, 0.05) is 30.8 Å². The molecule has 0 atom stereocenters. The number of benzene rings is 1. The van der Waals surface area contributed by atoms with Gasteiger partial charge in [0.05, 0.1) is 17.2 Å². The van der Waals surface area contributed by atoms with Crippen molar-refractivity contribution in [2.45, 2.75) is 12.8 Å². The molecule has 0 unspecified atom stereocenters. The summed E-state index contributed by atoms with van der Waals surface area (Å²) >= 11 is 12.2. The third kappa shape index (κ3) is 4.51. The second-order valence-electron chi connectivity index (χ2n) is 6.24. The molecule has 1 saturated heterocycles. The number of ether oxygens (including phenoxy) is 1. The highest BCUT2D eigenvalue weighted by Gasteiger charge is 2.28. The number of likely N-dealkylation sites (tertiary alicyclic amines) is 1. The van der Waals surface area contributed by atoms with E-state index in [1.807, 2.05) is 6.07 Å². The lowest BCUT2D eigenvalue weighted by Gasteiger charge is -2.31.